The van der Waals surface area contributed by atoms with Crippen molar-refractivity contribution >= 4 is 5.84 Å². The largest absolute Gasteiger partial charge is 0.384 e. The third-order valence-electron chi connectivity index (χ3n) is 6.46. The van der Waals surface area contributed by atoms with Crippen molar-refractivity contribution in [1.29, 1.82) is 0 Å². The van der Waals surface area contributed by atoms with Gasteiger partial charge in [-0.1, -0.05) is 49.3 Å². The number of aliphatic imine (C=N–C) groups is 1. The molecule has 1 aromatic heterocycles. The van der Waals surface area contributed by atoms with Gasteiger partial charge in [-0.2, -0.15) is 0 Å². The molecule has 3 aliphatic rings. The van der Waals surface area contributed by atoms with E-state index in [-0.39, 0.29) is 0 Å². The Morgan fingerprint density at radius 2 is 2.03 bits per heavy atom. The predicted molar refractivity (Wildman–Crippen MR) is 120 cm³/mol. The van der Waals surface area contributed by atoms with E-state index in [0.717, 1.165) is 37.6 Å². The number of nitrogens with one attached hydrogen (secondary N) is 1. The maximum Gasteiger partial charge on any atom is 0.192 e. The summed E-state index contributed by atoms with van der Waals surface area (Å²) >= 11 is 0. The molecule has 4 heterocycles. The Morgan fingerprint density at radius 3 is 2.71 bits per heavy atom. The highest BCUT2D eigenvalue weighted by Crippen LogP contribution is 2.35. The number of piperazine rings is 1. The summed E-state index contributed by atoms with van der Waals surface area (Å²) < 4.78 is 5.49. The Kier molecular flexibility index (Phi) is 4.98. The molecule has 8 nitrogen and oxygen atoms in total. The number of nitrogens with two attached hydrogens (primary N) is 2. The van der Waals surface area contributed by atoms with E-state index in [1.54, 1.807) is 0 Å². The molecular weight excluding hydrogens is 390 g/mol. The summed E-state index contributed by atoms with van der Waals surface area (Å²) in [5.41, 5.74) is 15.1. The third-order valence-corrected chi connectivity index (χ3v) is 6.46. The fourth-order valence-electron chi connectivity index (χ4n) is 4.93. The standard InChI is InChI=1S/C23H31N7O/c1-15(2)20-9-19(31-28-20)11-23(25)26-21(24)10-22(27-23)30-14-17-8-18(30)13-29(17)12-16-6-4-3-5-7-16/h3-7,9-10,15,17-18,27H,8,11-14,25H2,1-2H3,(H2,24,26)/t17-,18-,23?/m1/s1. The molecule has 1 aromatic carbocycles. The second kappa shape index (κ2) is 7.69. The van der Waals surface area contributed by atoms with Crippen LogP contribution in [0.4, 0.5) is 0 Å². The van der Waals surface area contributed by atoms with Gasteiger partial charge in [0, 0.05) is 43.9 Å². The van der Waals surface area contributed by atoms with Crippen LogP contribution < -0.4 is 16.8 Å². The van der Waals surface area contributed by atoms with E-state index in [4.69, 9.17) is 16.0 Å². The van der Waals surface area contributed by atoms with Gasteiger partial charge in [0.15, 0.2) is 5.79 Å². The average molecular weight is 422 g/mol. The van der Waals surface area contributed by atoms with Gasteiger partial charge in [0.05, 0.1) is 12.1 Å². The summed E-state index contributed by atoms with van der Waals surface area (Å²) in [7, 11) is 0. The molecule has 2 bridgehead atoms. The quantitative estimate of drug-likeness (QED) is 0.651. The van der Waals surface area contributed by atoms with Crippen LogP contribution in [0.25, 0.3) is 0 Å². The average Bonchev–Trinajstić information content (AvgIpc) is 3.43. The molecular formula is C23H31N7O. The first-order chi connectivity index (χ1) is 14.9. The maximum atomic E-state index is 6.61. The van der Waals surface area contributed by atoms with Gasteiger partial charge >= 0.3 is 0 Å². The zero-order chi connectivity index (χ0) is 21.6. The first-order valence-electron chi connectivity index (χ1n) is 11.0. The topological polar surface area (TPSA) is 109 Å². The molecule has 5 rings (SSSR count). The molecule has 0 spiro atoms. The number of aromatic nitrogens is 1. The molecule has 2 aromatic rings. The molecule has 31 heavy (non-hydrogen) atoms. The number of hydrogen-bond acceptors (Lipinski definition) is 8. The molecule has 5 N–H and O–H groups in total. The van der Waals surface area contributed by atoms with E-state index in [2.05, 4.69) is 69.4 Å². The van der Waals surface area contributed by atoms with Gasteiger partial charge in [-0.15, -0.1) is 0 Å². The Balaban J connectivity index is 1.26. The van der Waals surface area contributed by atoms with Crippen molar-refractivity contribution in [3.63, 3.8) is 0 Å². The summed E-state index contributed by atoms with van der Waals surface area (Å²) in [6.45, 7) is 7.15. The summed E-state index contributed by atoms with van der Waals surface area (Å²) in [5, 5.41) is 7.56. The fraction of sp³-hybridized carbons (Fsp3) is 0.478. The summed E-state index contributed by atoms with van der Waals surface area (Å²) in [6, 6.07) is 13.6. The number of nitrogens with zero attached hydrogens (tertiary/aromatic N) is 4. The van der Waals surface area contributed by atoms with Gasteiger partial charge in [-0.05, 0) is 17.9 Å². The maximum absolute atomic E-state index is 6.61. The lowest BCUT2D eigenvalue weighted by Crippen LogP contribution is -2.60. The van der Waals surface area contributed by atoms with Crippen LogP contribution in [0.5, 0.6) is 0 Å². The highest BCUT2D eigenvalue weighted by Gasteiger charge is 2.45. The first kappa shape index (κ1) is 20.1. The molecule has 2 fully saturated rings. The number of amidine groups is 1. The van der Waals surface area contributed by atoms with Gasteiger partial charge in [-0.3, -0.25) is 10.6 Å². The molecule has 0 saturated carbocycles. The van der Waals surface area contributed by atoms with Crippen LogP contribution in [0.3, 0.4) is 0 Å². The van der Waals surface area contributed by atoms with Gasteiger partial charge in [0.25, 0.3) is 0 Å². The monoisotopic (exact) mass is 421 g/mol. The number of hydrogen-bond donors (Lipinski definition) is 3. The fourth-order valence-corrected chi connectivity index (χ4v) is 4.93. The second-order valence-corrected chi connectivity index (χ2v) is 9.28. The van der Waals surface area contributed by atoms with Crippen LogP contribution >= 0.6 is 0 Å². The van der Waals surface area contributed by atoms with E-state index < -0.39 is 5.79 Å². The van der Waals surface area contributed by atoms with Gasteiger partial charge in [0.2, 0.25) is 0 Å². The van der Waals surface area contributed by atoms with Gasteiger partial charge in [0.1, 0.15) is 17.4 Å². The molecule has 164 valence electrons. The molecule has 0 amide bonds. The van der Waals surface area contributed by atoms with E-state index in [0.29, 0.717) is 36.0 Å². The van der Waals surface area contributed by atoms with Crippen LogP contribution in [0.1, 0.15) is 43.2 Å². The third kappa shape index (κ3) is 4.05. The van der Waals surface area contributed by atoms with Crippen molar-refractivity contribution in [2.45, 2.75) is 57.0 Å². The summed E-state index contributed by atoms with van der Waals surface area (Å²) in [5.74, 6) is 1.34. The van der Waals surface area contributed by atoms with E-state index in [9.17, 15) is 0 Å². The van der Waals surface area contributed by atoms with Crippen LogP contribution in [0.15, 0.2) is 57.8 Å². The van der Waals surface area contributed by atoms with Crippen molar-refractivity contribution in [2.75, 3.05) is 13.1 Å². The Bertz CT molecular complexity index is 998. The highest BCUT2D eigenvalue weighted by molar-refractivity contribution is 5.93. The zero-order valence-corrected chi connectivity index (χ0v) is 18.2. The van der Waals surface area contributed by atoms with Gasteiger partial charge in [-0.25, -0.2) is 4.99 Å². The molecule has 2 saturated heterocycles. The lowest BCUT2D eigenvalue weighted by molar-refractivity contribution is 0.133. The van der Waals surface area contributed by atoms with E-state index >= 15 is 0 Å². The van der Waals surface area contributed by atoms with Crippen LogP contribution in [-0.2, 0) is 13.0 Å². The number of likely N-dealkylation sites (tertiary alicyclic amines) is 2. The molecule has 3 atom stereocenters. The molecule has 0 aliphatic carbocycles. The van der Waals surface area contributed by atoms with Crippen molar-refractivity contribution in [3.05, 3.63) is 65.3 Å². The predicted octanol–water partition coefficient (Wildman–Crippen LogP) is 1.71. The Labute approximate surface area is 183 Å². The number of benzene rings is 1. The van der Waals surface area contributed by atoms with Crippen molar-refractivity contribution in [2.24, 2.45) is 16.5 Å². The van der Waals surface area contributed by atoms with Gasteiger partial charge < -0.3 is 20.5 Å². The molecule has 0 radical (unpaired) electrons. The normalized spacial score (nSPS) is 28.1. The van der Waals surface area contributed by atoms with E-state index in [1.165, 1.54) is 5.56 Å². The summed E-state index contributed by atoms with van der Waals surface area (Å²) in [4.78, 5) is 9.45. The molecule has 1 unspecified atom stereocenters. The SMILES string of the molecule is CC(C)c1cc(CC2(N)N=C(N)C=C(N3C[C@H]4C[C@@H]3CN4Cc3ccccc3)N2)on1. The lowest BCUT2D eigenvalue weighted by atomic mass is 10.1. The number of fused-ring (bicyclic) bond motifs is 2. The minimum absolute atomic E-state index is 0.300. The van der Waals surface area contributed by atoms with Crippen molar-refractivity contribution in [3.8, 4) is 0 Å². The molecule has 3 aliphatic heterocycles. The zero-order valence-electron chi connectivity index (χ0n) is 18.2. The summed E-state index contributed by atoms with van der Waals surface area (Å²) in [6.07, 6.45) is 3.43. The molecule has 8 heteroatoms. The van der Waals surface area contributed by atoms with Crippen LogP contribution in [0, 0.1) is 0 Å². The Hall–Kier alpha value is -2.84. The number of rotatable bonds is 6. The smallest absolute Gasteiger partial charge is 0.192 e. The minimum Gasteiger partial charge on any atom is -0.384 e. The van der Waals surface area contributed by atoms with Crippen molar-refractivity contribution in [1.82, 2.24) is 20.3 Å². The minimum atomic E-state index is -1.05. The van der Waals surface area contributed by atoms with Crippen molar-refractivity contribution < 1.29 is 4.52 Å². The first-order valence-corrected chi connectivity index (χ1v) is 11.0. The lowest BCUT2D eigenvalue weighted by Gasteiger charge is -2.41. The van der Waals surface area contributed by atoms with E-state index in [1.807, 2.05) is 12.1 Å². The Morgan fingerprint density at radius 1 is 1.23 bits per heavy atom. The van der Waals surface area contributed by atoms with Crippen LogP contribution in [-0.4, -0.2) is 51.8 Å². The second-order valence-electron chi connectivity index (χ2n) is 9.28. The van der Waals surface area contributed by atoms with Crippen LogP contribution in [0.2, 0.25) is 0 Å². The highest BCUT2D eigenvalue weighted by atomic mass is 16.5.